The van der Waals surface area contributed by atoms with Gasteiger partial charge in [0.15, 0.2) is 0 Å². The average Bonchev–Trinajstić information content (AvgIpc) is 2.49. The molecule has 2 heterocycles. The molecule has 0 unspecified atom stereocenters. The second kappa shape index (κ2) is 5.45. The van der Waals surface area contributed by atoms with Crippen molar-refractivity contribution in [1.82, 2.24) is 9.97 Å². The van der Waals surface area contributed by atoms with E-state index >= 15 is 0 Å². The van der Waals surface area contributed by atoms with Gasteiger partial charge in [-0.1, -0.05) is 6.07 Å². The Morgan fingerprint density at radius 3 is 2.86 bits per heavy atom. The van der Waals surface area contributed by atoms with Crippen LogP contribution in [0.15, 0.2) is 53.3 Å². The molecule has 2 aromatic heterocycles. The monoisotopic (exact) mass is 344 g/mol. The molecule has 7 heteroatoms. The molecule has 0 atom stereocenters. The third-order valence-corrected chi connectivity index (χ3v) is 3.36. The van der Waals surface area contributed by atoms with Gasteiger partial charge in [-0.25, -0.2) is 4.98 Å². The minimum Gasteiger partial charge on any atom is -0.334 e. The lowest BCUT2D eigenvalue weighted by molar-refractivity contribution is -0.384. The van der Waals surface area contributed by atoms with Gasteiger partial charge >= 0.3 is 5.69 Å². The molecule has 3 aromatic rings. The van der Waals surface area contributed by atoms with Crippen molar-refractivity contribution in [2.24, 2.45) is 0 Å². The fourth-order valence-corrected chi connectivity index (χ4v) is 2.32. The van der Waals surface area contributed by atoms with Crippen molar-refractivity contribution in [2.45, 2.75) is 0 Å². The fourth-order valence-electron chi connectivity index (χ4n) is 2.00. The summed E-state index contributed by atoms with van der Waals surface area (Å²) >= 11 is 3.19. The molecule has 0 spiro atoms. The first-order valence-electron chi connectivity index (χ1n) is 6.06. The van der Waals surface area contributed by atoms with E-state index in [1.165, 1.54) is 12.3 Å². The Labute approximate surface area is 128 Å². The van der Waals surface area contributed by atoms with Gasteiger partial charge in [0, 0.05) is 34.0 Å². The second-order valence-electron chi connectivity index (χ2n) is 4.28. The molecule has 6 nitrogen and oxygen atoms in total. The first-order chi connectivity index (χ1) is 10.1. The molecular weight excluding hydrogens is 336 g/mol. The number of rotatable bonds is 3. The number of nitrogens with zero attached hydrogens (tertiary/aromatic N) is 3. The molecule has 1 aromatic carbocycles. The first kappa shape index (κ1) is 13.4. The van der Waals surface area contributed by atoms with Crippen molar-refractivity contribution in [3.05, 3.63) is 63.4 Å². The largest absolute Gasteiger partial charge is 0.334 e. The fraction of sp³-hybridized carbons (Fsp3) is 0. The highest BCUT2D eigenvalue weighted by atomic mass is 79.9. The van der Waals surface area contributed by atoms with Crippen LogP contribution < -0.4 is 5.32 Å². The highest BCUT2D eigenvalue weighted by Gasteiger charge is 2.16. The number of pyridine rings is 2. The highest BCUT2D eigenvalue weighted by Crippen LogP contribution is 2.30. The van der Waals surface area contributed by atoms with E-state index in [9.17, 15) is 10.1 Å². The number of nitrogens with one attached hydrogen (secondary N) is 1. The molecule has 0 fully saturated rings. The Kier molecular flexibility index (Phi) is 3.49. The van der Waals surface area contributed by atoms with Crippen LogP contribution in [0.3, 0.4) is 0 Å². The van der Waals surface area contributed by atoms with Gasteiger partial charge in [0.05, 0.1) is 10.4 Å². The molecule has 0 bridgehead atoms. The predicted octanol–water partition coefficient (Wildman–Crippen LogP) is 4.04. The van der Waals surface area contributed by atoms with E-state index in [1.807, 2.05) is 30.3 Å². The SMILES string of the molecule is O=[N+]([O-])c1cc(Br)cnc1Nc1cccc2ncccc12. The van der Waals surface area contributed by atoms with Crippen LogP contribution in [0.1, 0.15) is 0 Å². The van der Waals surface area contributed by atoms with Crippen LogP contribution in [0.5, 0.6) is 0 Å². The van der Waals surface area contributed by atoms with Gasteiger partial charge in [0.25, 0.3) is 0 Å². The van der Waals surface area contributed by atoms with E-state index < -0.39 is 4.92 Å². The van der Waals surface area contributed by atoms with Crippen LogP contribution in [-0.2, 0) is 0 Å². The Morgan fingerprint density at radius 2 is 2.05 bits per heavy atom. The number of aromatic nitrogens is 2. The number of nitro groups is 1. The molecule has 0 saturated heterocycles. The summed E-state index contributed by atoms with van der Waals surface area (Å²) in [5.74, 6) is 0.194. The molecule has 0 aliphatic rings. The zero-order valence-corrected chi connectivity index (χ0v) is 12.2. The normalized spacial score (nSPS) is 10.5. The zero-order valence-electron chi connectivity index (χ0n) is 10.7. The predicted molar refractivity (Wildman–Crippen MR) is 83.6 cm³/mol. The van der Waals surface area contributed by atoms with Gasteiger partial charge in [-0.15, -0.1) is 0 Å². The maximum atomic E-state index is 11.1. The molecule has 104 valence electrons. The zero-order chi connectivity index (χ0) is 14.8. The van der Waals surface area contributed by atoms with Crippen LogP contribution in [-0.4, -0.2) is 14.9 Å². The Hall–Kier alpha value is -2.54. The van der Waals surface area contributed by atoms with E-state index in [1.54, 1.807) is 6.20 Å². The van der Waals surface area contributed by atoms with Gasteiger partial charge in [0.2, 0.25) is 5.82 Å². The quantitative estimate of drug-likeness (QED) is 0.572. The van der Waals surface area contributed by atoms with E-state index in [-0.39, 0.29) is 11.5 Å². The second-order valence-corrected chi connectivity index (χ2v) is 5.19. The van der Waals surface area contributed by atoms with Crippen molar-refractivity contribution in [3.63, 3.8) is 0 Å². The molecule has 3 rings (SSSR count). The van der Waals surface area contributed by atoms with E-state index in [2.05, 4.69) is 31.2 Å². The smallest absolute Gasteiger partial charge is 0.312 e. The van der Waals surface area contributed by atoms with Crippen LogP contribution >= 0.6 is 15.9 Å². The lowest BCUT2D eigenvalue weighted by Crippen LogP contribution is -2.00. The van der Waals surface area contributed by atoms with Crippen molar-refractivity contribution in [3.8, 4) is 0 Å². The van der Waals surface area contributed by atoms with Crippen molar-refractivity contribution in [2.75, 3.05) is 5.32 Å². The van der Waals surface area contributed by atoms with Gasteiger partial charge in [0.1, 0.15) is 0 Å². The molecule has 0 aliphatic heterocycles. The summed E-state index contributed by atoms with van der Waals surface area (Å²) in [4.78, 5) is 19.0. The summed E-state index contributed by atoms with van der Waals surface area (Å²) in [5, 5.41) is 15.0. The van der Waals surface area contributed by atoms with Crippen LogP contribution in [0.4, 0.5) is 17.2 Å². The van der Waals surface area contributed by atoms with E-state index in [0.29, 0.717) is 4.47 Å². The van der Waals surface area contributed by atoms with E-state index in [4.69, 9.17) is 0 Å². The van der Waals surface area contributed by atoms with Crippen molar-refractivity contribution in [1.29, 1.82) is 0 Å². The number of hydrogen-bond acceptors (Lipinski definition) is 5. The number of hydrogen-bond donors (Lipinski definition) is 1. The molecule has 0 aliphatic carbocycles. The maximum absolute atomic E-state index is 11.1. The molecule has 0 saturated carbocycles. The summed E-state index contributed by atoms with van der Waals surface area (Å²) < 4.78 is 0.555. The number of fused-ring (bicyclic) bond motifs is 1. The summed E-state index contributed by atoms with van der Waals surface area (Å²) in [6.45, 7) is 0. The van der Waals surface area contributed by atoms with Gasteiger partial charge < -0.3 is 5.32 Å². The van der Waals surface area contributed by atoms with Crippen molar-refractivity contribution < 1.29 is 4.92 Å². The number of benzene rings is 1. The van der Waals surface area contributed by atoms with Gasteiger partial charge in [-0.3, -0.25) is 15.1 Å². The highest BCUT2D eigenvalue weighted by molar-refractivity contribution is 9.10. The lowest BCUT2D eigenvalue weighted by atomic mass is 10.2. The molecular formula is C14H9BrN4O2. The molecule has 0 radical (unpaired) electrons. The van der Waals surface area contributed by atoms with Crippen LogP contribution in [0, 0.1) is 10.1 Å². The average molecular weight is 345 g/mol. The summed E-state index contributed by atoms with van der Waals surface area (Å²) in [6, 6.07) is 10.7. The molecule has 21 heavy (non-hydrogen) atoms. The molecule has 1 N–H and O–H groups in total. The van der Waals surface area contributed by atoms with E-state index in [0.717, 1.165) is 16.6 Å². The van der Waals surface area contributed by atoms with Crippen LogP contribution in [0.25, 0.3) is 10.9 Å². The van der Waals surface area contributed by atoms with Gasteiger partial charge in [-0.2, -0.15) is 0 Å². The lowest BCUT2D eigenvalue weighted by Gasteiger charge is -2.09. The topological polar surface area (TPSA) is 81.0 Å². The van der Waals surface area contributed by atoms with Crippen molar-refractivity contribution >= 4 is 44.0 Å². The minimum atomic E-state index is -0.469. The number of halogens is 1. The van der Waals surface area contributed by atoms with Gasteiger partial charge in [-0.05, 0) is 40.2 Å². The molecule has 0 amide bonds. The third kappa shape index (κ3) is 2.68. The maximum Gasteiger partial charge on any atom is 0.312 e. The Morgan fingerprint density at radius 1 is 1.19 bits per heavy atom. The first-order valence-corrected chi connectivity index (χ1v) is 6.85. The minimum absolute atomic E-state index is 0.0923. The summed E-state index contributed by atoms with van der Waals surface area (Å²) in [5.41, 5.74) is 1.44. The Bertz CT molecular complexity index is 833. The standard InChI is InChI=1S/C14H9BrN4O2/c15-9-7-13(19(20)21)14(17-8-9)18-12-5-1-4-11-10(12)3-2-6-16-11/h1-8H,(H,17,18). The Balaban J connectivity index is 2.09. The third-order valence-electron chi connectivity index (χ3n) is 2.93. The number of anilines is 2. The van der Waals surface area contributed by atoms with Crippen LogP contribution in [0.2, 0.25) is 0 Å². The summed E-state index contributed by atoms with van der Waals surface area (Å²) in [6.07, 6.45) is 3.21. The summed E-state index contributed by atoms with van der Waals surface area (Å²) in [7, 11) is 0.